The minimum atomic E-state index is -0.186. The molecular weight excluding hydrogens is 362 g/mol. The number of hydrogen-bond donors (Lipinski definition) is 1. The van der Waals surface area contributed by atoms with Gasteiger partial charge in [-0.3, -0.25) is 0 Å². The van der Waals surface area contributed by atoms with Crippen molar-refractivity contribution in [3.05, 3.63) is 43.7 Å². The van der Waals surface area contributed by atoms with Crippen LogP contribution in [-0.2, 0) is 6.42 Å². The van der Waals surface area contributed by atoms with Crippen LogP contribution in [0.5, 0.6) is 0 Å². The number of nitrogens with two attached hydrogens (primary N) is 1. The minimum Gasteiger partial charge on any atom is -0.375 e. The van der Waals surface area contributed by atoms with Gasteiger partial charge in [0.05, 0.1) is 5.69 Å². The summed E-state index contributed by atoms with van der Waals surface area (Å²) in [6, 6.07) is 4.93. The van der Waals surface area contributed by atoms with Crippen molar-refractivity contribution in [1.29, 1.82) is 0 Å². The quantitative estimate of drug-likeness (QED) is 0.827. The lowest BCUT2D eigenvalue weighted by molar-refractivity contribution is 0.626. The lowest BCUT2D eigenvalue weighted by Crippen LogP contribution is -1.94. The van der Waals surface area contributed by atoms with E-state index in [1.54, 1.807) is 17.4 Å². The van der Waals surface area contributed by atoms with Crippen LogP contribution in [0.3, 0.4) is 0 Å². The van der Waals surface area contributed by atoms with Crippen LogP contribution in [0.15, 0.2) is 18.2 Å². The molecule has 1 aromatic carbocycles. The third-order valence-corrected chi connectivity index (χ3v) is 4.98. The highest BCUT2D eigenvalue weighted by Gasteiger charge is 2.29. The van der Waals surface area contributed by atoms with Crippen LogP contribution < -0.4 is 5.73 Å². The highest BCUT2D eigenvalue weighted by molar-refractivity contribution is 14.1. The molecule has 2 N–H and O–H groups in total. The van der Waals surface area contributed by atoms with Crippen molar-refractivity contribution in [2.75, 3.05) is 5.73 Å². The Kier molecular flexibility index (Phi) is 3.27. The summed E-state index contributed by atoms with van der Waals surface area (Å²) in [5.74, 6) is 0.418. The predicted octanol–water partition coefficient (Wildman–Crippen LogP) is 3.94. The van der Waals surface area contributed by atoms with Crippen molar-refractivity contribution in [3.8, 4) is 0 Å². The lowest BCUT2D eigenvalue weighted by atomic mass is 10.1. The van der Waals surface area contributed by atoms with Crippen LogP contribution in [0.4, 0.5) is 9.52 Å². The molecule has 0 radical (unpaired) electrons. The summed E-state index contributed by atoms with van der Waals surface area (Å²) in [7, 11) is 0. The molecule has 1 heterocycles. The van der Waals surface area contributed by atoms with Gasteiger partial charge in [0, 0.05) is 20.8 Å². The molecule has 0 aliphatic heterocycles. The van der Waals surface area contributed by atoms with E-state index in [0.29, 0.717) is 11.0 Å². The standard InChI is InChI=1S/C13H12FIN2S/c14-9-4-3-8(10(15)6-9)5-11-12(7-1-2-7)17-13(16)18-11/h3-4,6-7H,1-2,5H2,(H2,16,17). The second-order valence-electron chi connectivity index (χ2n) is 4.55. The fourth-order valence-corrected chi connectivity index (χ4v) is 3.63. The normalized spacial score (nSPS) is 15.0. The maximum absolute atomic E-state index is 13.1. The molecule has 3 rings (SSSR count). The fourth-order valence-electron chi connectivity index (χ4n) is 2.02. The van der Waals surface area contributed by atoms with Crippen molar-refractivity contribution in [2.45, 2.75) is 25.2 Å². The maximum Gasteiger partial charge on any atom is 0.180 e. The summed E-state index contributed by atoms with van der Waals surface area (Å²) in [6.07, 6.45) is 3.24. The van der Waals surface area contributed by atoms with Crippen LogP contribution in [0.25, 0.3) is 0 Å². The Morgan fingerprint density at radius 2 is 2.22 bits per heavy atom. The van der Waals surface area contributed by atoms with E-state index in [9.17, 15) is 4.39 Å². The van der Waals surface area contributed by atoms with Crippen LogP contribution in [0.2, 0.25) is 0 Å². The molecule has 1 aliphatic carbocycles. The summed E-state index contributed by atoms with van der Waals surface area (Å²) in [5.41, 5.74) is 8.11. The summed E-state index contributed by atoms with van der Waals surface area (Å²) >= 11 is 3.74. The van der Waals surface area contributed by atoms with Crippen molar-refractivity contribution in [2.24, 2.45) is 0 Å². The van der Waals surface area contributed by atoms with Crippen molar-refractivity contribution >= 4 is 39.1 Å². The average molecular weight is 374 g/mol. The molecular formula is C13H12FIN2S. The van der Waals surface area contributed by atoms with E-state index in [4.69, 9.17) is 5.73 Å². The Hall–Kier alpha value is -0.690. The van der Waals surface area contributed by atoms with Crippen molar-refractivity contribution < 1.29 is 4.39 Å². The molecule has 1 aromatic heterocycles. The molecule has 0 amide bonds. The zero-order valence-electron chi connectivity index (χ0n) is 9.62. The Labute approximate surface area is 123 Å². The van der Waals surface area contributed by atoms with E-state index in [1.165, 1.54) is 23.8 Å². The van der Waals surface area contributed by atoms with Crippen LogP contribution in [-0.4, -0.2) is 4.98 Å². The number of aromatic nitrogens is 1. The Bertz CT molecular complexity index is 593. The second kappa shape index (κ2) is 4.77. The Morgan fingerprint density at radius 1 is 1.44 bits per heavy atom. The van der Waals surface area contributed by atoms with E-state index in [1.807, 2.05) is 6.07 Å². The van der Waals surface area contributed by atoms with Crippen molar-refractivity contribution in [3.63, 3.8) is 0 Å². The van der Waals surface area contributed by atoms with Crippen molar-refractivity contribution in [1.82, 2.24) is 4.98 Å². The second-order valence-corrected chi connectivity index (χ2v) is 6.82. The molecule has 18 heavy (non-hydrogen) atoms. The minimum absolute atomic E-state index is 0.186. The predicted molar refractivity (Wildman–Crippen MR) is 80.4 cm³/mol. The molecule has 0 atom stereocenters. The van der Waals surface area contributed by atoms with E-state index in [-0.39, 0.29) is 5.82 Å². The number of benzene rings is 1. The zero-order valence-corrected chi connectivity index (χ0v) is 12.6. The van der Waals surface area contributed by atoms with Gasteiger partial charge in [-0.2, -0.15) is 0 Å². The van der Waals surface area contributed by atoms with Gasteiger partial charge in [-0.25, -0.2) is 9.37 Å². The third kappa shape index (κ3) is 2.51. The van der Waals surface area contributed by atoms with Gasteiger partial charge in [0.25, 0.3) is 0 Å². The largest absolute Gasteiger partial charge is 0.375 e. The summed E-state index contributed by atoms with van der Waals surface area (Å²) in [6.45, 7) is 0. The van der Waals surface area contributed by atoms with Gasteiger partial charge >= 0.3 is 0 Å². The Balaban J connectivity index is 1.91. The molecule has 0 bridgehead atoms. The SMILES string of the molecule is Nc1nc(C2CC2)c(Cc2ccc(F)cc2I)s1. The molecule has 1 aliphatic rings. The number of thiazole rings is 1. The molecule has 1 fully saturated rings. The first-order valence-corrected chi connectivity index (χ1v) is 7.72. The van der Waals surface area contributed by atoms with Crippen LogP contribution in [0, 0.1) is 9.39 Å². The van der Waals surface area contributed by atoms with Gasteiger partial charge in [-0.05, 0) is 53.1 Å². The molecule has 1 saturated carbocycles. The number of nitrogens with zero attached hydrogens (tertiary/aromatic N) is 1. The lowest BCUT2D eigenvalue weighted by Gasteiger charge is -2.04. The van der Waals surface area contributed by atoms with Crippen LogP contribution >= 0.6 is 33.9 Å². The van der Waals surface area contributed by atoms with E-state index in [0.717, 1.165) is 21.2 Å². The molecule has 0 saturated heterocycles. The first-order valence-electron chi connectivity index (χ1n) is 5.82. The zero-order chi connectivity index (χ0) is 12.7. The number of halogens is 2. The van der Waals surface area contributed by atoms with Gasteiger partial charge in [-0.1, -0.05) is 6.07 Å². The van der Waals surface area contributed by atoms with Gasteiger partial charge in [-0.15, -0.1) is 11.3 Å². The molecule has 0 spiro atoms. The highest BCUT2D eigenvalue weighted by atomic mass is 127. The Morgan fingerprint density at radius 3 is 2.89 bits per heavy atom. The van der Waals surface area contributed by atoms with Gasteiger partial charge in [0.2, 0.25) is 0 Å². The molecule has 94 valence electrons. The summed E-state index contributed by atoms with van der Waals surface area (Å²) < 4.78 is 14.0. The molecule has 0 unspecified atom stereocenters. The van der Waals surface area contributed by atoms with Gasteiger partial charge in [0.1, 0.15) is 5.82 Å². The third-order valence-electron chi connectivity index (χ3n) is 3.07. The highest BCUT2D eigenvalue weighted by Crippen LogP contribution is 2.43. The van der Waals surface area contributed by atoms with E-state index >= 15 is 0 Å². The first-order chi connectivity index (χ1) is 8.63. The monoisotopic (exact) mass is 374 g/mol. The summed E-state index contributed by atoms with van der Waals surface area (Å²) in [4.78, 5) is 5.67. The smallest absolute Gasteiger partial charge is 0.180 e. The van der Waals surface area contributed by atoms with Gasteiger partial charge in [0.15, 0.2) is 5.13 Å². The fraction of sp³-hybridized carbons (Fsp3) is 0.308. The first kappa shape index (κ1) is 12.3. The summed E-state index contributed by atoms with van der Waals surface area (Å²) in [5, 5.41) is 0.643. The van der Waals surface area contributed by atoms with Gasteiger partial charge < -0.3 is 5.73 Å². The molecule has 5 heteroatoms. The van der Waals surface area contributed by atoms with E-state index in [2.05, 4.69) is 27.6 Å². The topological polar surface area (TPSA) is 38.9 Å². The molecule has 2 nitrogen and oxygen atoms in total. The number of nitrogen functional groups attached to an aromatic ring is 1. The average Bonchev–Trinajstić information content (AvgIpc) is 3.08. The number of anilines is 1. The number of rotatable bonds is 3. The van der Waals surface area contributed by atoms with E-state index < -0.39 is 0 Å². The molecule has 2 aromatic rings. The van der Waals surface area contributed by atoms with Crippen LogP contribution in [0.1, 0.15) is 34.9 Å². The maximum atomic E-state index is 13.1. The number of hydrogen-bond acceptors (Lipinski definition) is 3.